The van der Waals surface area contributed by atoms with E-state index in [0.29, 0.717) is 0 Å². The topological polar surface area (TPSA) is 15.3 Å². The molecule has 0 bridgehead atoms. The third kappa shape index (κ3) is 0.864. The Kier molecular flexibility index (Phi) is 1.34. The van der Waals surface area contributed by atoms with Gasteiger partial charge in [-0.15, -0.1) is 11.8 Å². The van der Waals surface area contributed by atoms with Crippen molar-refractivity contribution in [3.05, 3.63) is 0 Å². The molecule has 0 spiro atoms. The molecule has 0 aromatic rings. The van der Waals surface area contributed by atoms with E-state index in [2.05, 4.69) is 10.4 Å². The second kappa shape index (κ2) is 1.82. The van der Waals surface area contributed by atoms with Crippen molar-refractivity contribution in [2.75, 3.05) is 18.8 Å². The quantitative estimate of drug-likeness (QED) is 0.468. The molecular formula is C3H8N2S. The molecule has 0 aromatic carbocycles. The van der Waals surface area contributed by atoms with Crippen LogP contribution in [0.1, 0.15) is 0 Å². The third-order valence-corrected chi connectivity index (χ3v) is 1.62. The van der Waals surface area contributed by atoms with E-state index in [-0.39, 0.29) is 0 Å². The van der Waals surface area contributed by atoms with E-state index in [1.807, 2.05) is 18.8 Å². The van der Waals surface area contributed by atoms with Crippen LogP contribution >= 0.6 is 11.8 Å². The minimum Gasteiger partial charge on any atom is -0.245 e. The molecule has 0 unspecified atom stereocenters. The van der Waals surface area contributed by atoms with E-state index in [0.717, 1.165) is 11.8 Å². The summed E-state index contributed by atoms with van der Waals surface area (Å²) >= 11 is 1.90. The van der Waals surface area contributed by atoms with Gasteiger partial charge >= 0.3 is 0 Å². The number of hydrogen-bond donors (Lipinski definition) is 1. The highest BCUT2D eigenvalue weighted by molar-refractivity contribution is 7.99. The molecule has 1 rings (SSSR count). The lowest BCUT2D eigenvalue weighted by molar-refractivity contribution is 0.321. The zero-order valence-electron chi connectivity index (χ0n) is 3.77. The first-order valence-electron chi connectivity index (χ1n) is 1.92. The Labute approximate surface area is 41.9 Å². The van der Waals surface area contributed by atoms with Crippen LogP contribution in [0.5, 0.6) is 0 Å². The molecule has 0 aliphatic carbocycles. The van der Waals surface area contributed by atoms with Gasteiger partial charge in [-0.2, -0.15) is 0 Å². The van der Waals surface area contributed by atoms with Crippen molar-refractivity contribution in [3.63, 3.8) is 0 Å². The Balaban J connectivity index is 2.18. The molecule has 0 atom stereocenters. The van der Waals surface area contributed by atoms with Gasteiger partial charge in [0.25, 0.3) is 0 Å². The molecule has 1 N–H and O–H groups in total. The molecule has 1 aliphatic rings. The number of nitrogens with zero attached hydrogens (tertiary/aromatic N) is 1. The van der Waals surface area contributed by atoms with Crippen molar-refractivity contribution in [3.8, 4) is 0 Å². The van der Waals surface area contributed by atoms with Gasteiger partial charge in [0.1, 0.15) is 0 Å². The Morgan fingerprint density at radius 1 is 1.83 bits per heavy atom. The first-order valence-corrected chi connectivity index (χ1v) is 3.07. The summed E-state index contributed by atoms with van der Waals surface area (Å²) in [6.45, 7) is 0. The summed E-state index contributed by atoms with van der Waals surface area (Å²) in [4.78, 5) is 0. The van der Waals surface area contributed by atoms with Gasteiger partial charge in [0.05, 0.1) is 11.8 Å². The molecule has 36 valence electrons. The molecule has 1 aliphatic heterocycles. The van der Waals surface area contributed by atoms with Crippen LogP contribution in [0.3, 0.4) is 0 Å². The van der Waals surface area contributed by atoms with E-state index in [4.69, 9.17) is 0 Å². The zero-order valence-corrected chi connectivity index (χ0v) is 4.59. The predicted octanol–water partition coefficient (Wildman–Crippen LogP) is 0.0846. The smallest absolute Gasteiger partial charge is 0.0598 e. The van der Waals surface area contributed by atoms with Gasteiger partial charge < -0.3 is 0 Å². The molecule has 0 saturated carbocycles. The first-order chi connectivity index (χ1) is 2.89. The van der Waals surface area contributed by atoms with Gasteiger partial charge in [-0.1, -0.05) is 0 Å². The Bertz CT molecular complexity index is 42.1. The van der Waals surface area contributed by atoms with Crippen molar-refractivity contribution in [1.29, 1.82) is 0 Å². The first kappa shape index (κ1) is 4.43. The van der Waals surface area contributed by atoms with Crippen LogP contribution in [0.2, 0.25) is 0 Å². The van der Waals surface area contributed by atoms with Crippen molar-refractivity contribution in [2.45, 2.75) is 0 Å². The largest absolute Gasteiger partial charge is 0.245 e. The Morgan fingerprint density at radius 2 is 2.67 bits per heavy atom. The third-order valence-electron chi connectivity index (χ3n) is 0.721. The second-order valence-electron chi connectivity index (χ2n) is 1.33. The van der Waals surface area contributed by atoms with Crippen LogP contribution in [-0.2, 0) is 0 Å². The van der Waals surface area contributed by atoms with Gasteiger partial charge in [0, 0.05) is 7.05 Å². The summed E-state index contributed by atoms with van der Waals surface area (Å²) in [6, 6.07) is 0. The monoisotopic (exact) mass is 104 g/mol. The lowest BCUT2D eigenvalue weighted by Crippen LogP contribution is -2.25. The molecule has 6 heavy (non-hydrogen) atoms. The van der Waals surface area contributed by atoms with Gasteiger partial charge in [-0.25, -0.2) is 10.4 Å². The number of rotatable bonds is 0. The summed E-state index contributed by atoms with van der Waals surface area (Å²) in [5.74, 6) is 2.20. The maximum absolute atomic E-state index is 3.12. The summed E-state index contributed by atoms with van der Waals surface area (Å²) in [5, 5.41) is 2.07. The van der Waals surface area contributed by atoms with E-state index in [9.17, 15) is 0 Å². The minimum absolute atomic E-state index is 1.08. The fourth-order valence-electron chi connectivity index (χ4n) is 0.384. The maximum Gasteiger partial charge on any atom is 0.0598 e. The zero-order chi connectivity index (χ0) is 4.41. The van der Waals surface area contributed by atoms with Gasteiger partial charge in [-0.3, -0.25) is 0 Å². The molecular weight excluding hydrogens is 96.1 g/mol. The van der Waals surface area contributed by atoms with Crippen molar-refractivity contribution >= 4 is 11.8 Å². The van der Waals surface area contributed by atoms with E-state index >= 15 is 0 Å². The highest BCUT2D eigenvalue weighted by Gasteiger charge is 2.02. The number of hydrogen-bond acceptors (Lipinski definition) is 3. The normalized spacial score (nSPS) is 25.5. The van der Waals surface area contributed by atoms with Gasteiger partial charge in [0.15, 0.2) is 0 Å². The van der Waals surface area contributed by atoms with Crippen molar-refractivity contribution in [2.24, 2.45) is 0 Å². The molecule has 1 fully saturated rings. The lowest BCUT2D eigenvalue weighted by Gasteiger charge is -2.01. The standard InChI is InChI=1S/C3H8N2S/c1-5-3-6-2-4-5/h4H,2-3H2,1H3. The van der Waals surface area contributed by atoms with Crippen LogP contribution in [0.15, 0.2) is 0 Å². The fourth-order valence-corrected chi connectivity index (χ4v) is 1.15. The van der Waals surface area contributed by atoms with Crippen LogP contribution < -0.4 is 5.43 Å². The molecule has 1 saturated heterocycles. The minimum atomic E-state index is 1.08. The molecule has 0 amide bonds. The average molecular weight is 104 g/mol. The molecule has 3 heteroatoms. The van der Waals surface area contributed by atoms with Crippen molar-refractivity contribution < 1.29 is 0 Å². The van der Waals surface area contributed by atoms with Crippen LogP contribution in [-0.4, -0.2) is 23.8 Å². The number of nitrogens with one attached hydrogen (secondary N) is 1. The summed E-state index contributed by atoms with van der Waals surface area (Å²) in [5.41, 5.74) is 3.12. The highest BCUT2D eigenvalue weighted by atomic mass is 32.2. The Hall–Kier alpha value is 0.270. The maximum atomic E-state index is 3.12. The Morgan fingerprint density at radius 3 is 2.83 bits per heavy atom. The summed E-state index contributed by atoms with van der Waals surface area (Å²) < 4.78 is 0. The summed E-state index contributed by atoms with van der Waals surface area (Å²) in [6.07, 6.45) is 0. The van der Waals surface area contributed by atoms with E-state index in [1.54, 1.807) is 0 Å². The lowest BCUT2D eigenvalue weighted by atomic mass is 11.1. The van der Waals surface area contributed by atoms with Gasteiger partial charge in [0.2, 0.25) is 0 Å². The predicted molar refractivity (Wildman–Crippen MR) is 28.2 cm³/mol. The summed E-state index contributed by atoms with van der Waals surface area (Å²) in [7, 11) is 2.04. The van der Waals surface area contributed by atoms with Crippen LogP contribution in [0.25, 0.3) is 0 Å². The molecule has 0 aromatic heterocycles. The van der Waals surface area contributed by atoms with E-state index in [1.165, 1.54) is 0 Å². The second-order valence-corrected chi connectivity index (χ2v) is 2.29. The number of thioether (sulfide) groups is 1. The SMILES string of the molecule is CN1CSCN1. The fraction of sp³-hybridized carbons (Fsp3) is 1.00. The van der Waals surface area contributed by atoms with Gasteiger partial charge in [-0.05, 0) is 0 Å². The molecule has 1 heterocycles. The molecule has 0 radical (unpaired) electrons. The van der Waals surface area contributed by atoms with Crippen LogP contribution in [0, 0.1) is 0 Å². The van der Waals surface area contributed by atoms with Crippen molar-refractivity contribution in [1.82, 2.24) is 10.4 Å². The van der Waals surface area contributed by atoms with Crippen LogP contribution in [0.4, 0.5) is 0 Å². The highest BCUT2D eigenvalue weighted by Crippen LogP contribution is 2.04. The molecule has 2 nitrogen and oxygen atoms in total. The van der Waals surface area contributed by atoms with E-state index < -0.39 is 0 Å². The average Bonchev–Trinajstić information content (AvgIpc) is 1.86. The number of hydrazine groups is 1.